The van der Waals surface area contributed by atoms with Gasteiger partial charge in [-0.1, -0.05) is 53.7 Å². The summed E-state index contributed by atoms with van der Waals surface area (Å²) in [5, 5.41) is 17.9. The maximum absolute atomic E-state index is 5.89. The van der Waals surface area contributed by atoms with Gasteiger partial charge in [0.2, 0.25) is 11.8 Å². The fraction of sp³-hybridized carbons (Fsp3) is 0.238. The lowest BCUT2D eigenvalue weighted by Crippen LogP contribution is -1.98. The Bertz CT molecular complexity index is 1100. The van der Waals surface area contributed by atoms with Gasteiger partial charge in [0, 0.05) is 18.2 Å². The van der Waals surface area contributed by atoms with Crippen molar-refractivity contribution >= 4 is 11.8 Å². The molecular weight excluding hydrogens is 370 g/mol. The van der Waals surface area contributed by atoms with Crippen LogP contribution < -0.4 is 0 Å². The maximum atomic E-state index is 5.89. The molecule has 0 spiro atoms. The molecule has 2 aromatic carbocycles. The number of aryl methyl sites for hydroxylation is 2. The van der Waals surface area contributed by atoms with Crippen LogP contribution in [0.5, 0.6) is 0 Å². The Balaban J connectivity index is 1.54. The van der Waals surface area contributed by atoms with E-state index in [2.05, 4.69) is 39.5 Å². The van der Waals surface area contributed by atoms with Crippen LogP contribution in [0.4, 0.5) is 0 Å². The molecule has 2 heterocycles. The molecule has 0 aliphatic heterocycles. The van der Waals surface area contributed by atoms with Crippen LogP contribution in [0, 0.1) is 13.8 Å². The highest BCUT2D eigenvalue weighted by atomic mass is 32.2. The minimum absolute atomic E-state index is 0.0423. The lowest BCUT2D eigenvalue weighted by atomic mass is 10.1. The summed E-state index contributed by atoms with van der Waals surface area (Å²) in [7, 11) is 1.97. The van der Waals surface area contributed by atoms with Gasteiger partial charge in [0.05, 0.1) is 5.25 Å². The van der Waals surface area contributed by atoms with Gasteiger partial charge in [-0.3, -0.25) is 0 Å². The van der Waals surface area contributed by atoms with Crippen molar-refractivity contribution in [2.45, 2.75) is 31.2 Å². The smallest absolute Gasteiger partial charge is 0.247 e. The van der Waals surface area contributed by atoms with Crippen molar-refractivity contribution in [2.75, 3.05) is 0 Å². The third kappa shape index (κ3) is 3.57. The molecule has 0 aliphatic rings. The van der Waals surface area contributed by atoms with Crippen LogP contribution in [0.2, 0.25) is 0 Å². The fourth-order valence-electron chi connectivity index (χ4n) is 2.90. The zero-order valence-electron chi connectivity index (χ0n) is 16.2. The molecule has 0 bridgehead atoms. The predicted octanol–water partition coefficient (Wildman–Crippen LogP) is 5.00. The zero-order chi connectivity index (χ0) is 19.7. The van der Waals surface area contributed by atoms with Crippen molar-refractivity contribution in [2.24, 2.45) is 7.05 Å². The van der Waals surface area contributed by atoms with Crippen LogP contribution in [0.15, 0.2) is 58.1 Å². The van der Waals surface area contributed by atoms with E-state index in [-0.39, 0.29) is 5.25 Å². The van der Waals surface area contributed by atoms with Crippen LogP contribution >= 0.6 is 11.8 Å². The van der Waals surface area contributed by atoms with E-state index < -0.39 is 0 Å². The first kappa shape index (κ1) is 18.4. The third-order valence-electron chi connectivity index (χ3n) is 4.59. The summed E-state index contributed by atoms with van der Waals surface area (Å²) < 4.78 is 7.89. The average Bonchev–Trinajstić information content (AvgIpc) is 3.31. The van der Waals surface area contributed by atoms with E-state index >= 15 is 0 Å². The summed E-state index contributed by atoms with van der Waals surface area (Å²) in [6, 6.07) is 16.2. The van der Waals surface area contributed by atoms with E-state index in [9.17, 15) is 0 Å². The molecule has 0 aliphatic carbocycles. The Morgan fingerprint density at radius 2 is 1.68 bits per heavy atom. The van der Waals surface area contributed by atoms with E-state index in [0.717, 1.165) is 22.1 Å². The van der Waals surface area contributed by atoms with Crippen LogP contribution in [0.25, 0.3) is 22.8 Å². The molecule has 7 heteroatoms. The molecule has 4 rings (SSSR count). The molecule has 0 saturated heterocycles. The Morgan fingerprint density at radius 1 is 0.929 bits per heavy atom. The van der Waals surface area contributed by atoms with E-state index in [4.69, 9.17) is 4.42 Å². The highest BCUT2D eigenvalue weighted by Gasteiger charge is 2.20. The monoisotopic (exact) mass is 391 g/mol. The Labute approximate surface area is 168 Å². The molecule has 0 fully saturated rings. The molecule has 0 saturated carbocycles. The van der Waals surface area contributed by atoms with Crippen LogP contribution in [0.3, 0.4) is 0 Å². The van der Waals surface area contributed by atoms with Gasteiger partial charge in [-0.05, 0) is 38.5 Å². The summed E-state index contributed by atoms with van der Waals surface area (Å²) in [6.07, 6.45) is 0. The van der Waals surface area contributed by atoms with E-state index in [1.54, 1.807) is 11.8 Å². The van der Waals surface area contributed by atoms with Gasteiger partial charge < -0.3 is 8.98 Å². The lowest BCUT2D eigenvalue weighted by Gasteiger charge is -2.08. The zero-order valence-corrected chi connectivity index (χ0v) is 17.1. The topological polar surface area (TPSA) is 69.6 Å². The first-order valence-electron chi connectivity index (χ1n) is 9.05. The second-order valence-electron chi connectivity index (χ2n) is 6.75. The summed E-state index contributed by atoms with van der Waals surface area (Å²) in [5.74, 6) is 1.95. The molecule has 28 heavy (non-hydrogen) atoms. The second kappa shape index (κ2) is 7.59. The van der Waals surface area contributed by atoms with Crippen molar-refractivity contribution in [1.82, 2.24) is 25.0 Å². The number of hydrogen-bond donors (Lipinski definition) is 0. The van der Waals surface area contributed by atoms with Crippen molar-refractivity contribution in [3.8, 4) is 22.8 Å². The van der Waals surface area contributed by atoms with Crippen molar-refractivity contribution in [3.05, 3.63) is 65.5 Å². The number of rotatable bonds is 5. The van der Waals surface area contributed by atoms with Gasteiger partial charge in [0.25, 0.3) is 0 Å². The molecule has 0 radical (unpaired) electrons. The standard InChI is InChI=1S/C21H21N5OS/c1-13-9-11-16(12-10-13)20-24-23-19(27-20)15(3)28-21-25-22-18(26(21)4)17-8-6-5-7-14(17)2/h5-12,15H,1-4H3/t15-/m0/s1. The second-order valence-corrected chi connectivity index (χ2v) is 8.06. The summed E-state index contributed by atoms with van der Waals surface area (Å²) >= 11 is 1.55. The Morgan fingerprint density at radius 3 is 2.43 bits per heavy atom. The van der Waals surface area contributed by atoms with Crippen LogP contribution in [-0.4, -0.2) is 25.0 Å². The molecule has 0 unspecified atom stereocenters. The number of hydrogen-bond acceptors (Lipinski definition) is 6. The van der Waals surface area contributed by atoms with Crippen molar-refractivity contribution in [3.63, 3.8) is 0 Å². The number of nitrogens with zero attached hydrogens (tertiary/aromatic N) is 5. The quantitative estimate of drug-likeness (QED) is 0.446. The van der Waals surface area contributed by atoms with E-state index in [1.807, 2.05) is 61.9 Å². The van der Waals surface area contributed by atoms with E-state index in [0.29, 0.717) is 11.8 Å². The molecule has 0 amide bonds. The van der Waals surface area contributed by atoms with Gasteiger partial charge in [-0.15, -0.1) is 20.4 Å². The van der Waals surface area contributed by atoms with Crippen LogP contribution in [0.1, 0.15) is 29.2 Å². The SMILES string of the molecule is Cc1ccc(-c2nnc([C@H](C)Sc3nnc(-c4ccccc4C)n3C)o2)cc1. The summed E-state index contributed by atoms with van der Waals surface area (Å²) in [5.41, 5.74) is 4.36. The predicted molar refractivity (Wildman–Crippen MR) is 110 cm³/mol. The fourth-order valence-corrected chi connectivity index (χ4v) is 3.74. The largest absolute Gasteiger partial charge is 0.419 e. The summed E-state index contributed by atoms with van der Waals surface area (Å²) in [6.45, 7) is 6.15. The Hall–Kier alpha value is -2.93. The lowest BCUT2D eigenvalue weighted by molar-refractivity contribution is 0.508. The van der Waals surface area contributed by atoms with Crippen molar-refractivity contribution in [1.29, 1.82) is 0 Å². The minimum Gasteiger partial charge on any atom is -0.419 e. The maximum Gasteiger partial charge on any atom is 0.247 e. The molecule has 4 aromatic rings. The number of benzene rings is 2. The first-order chi connectivity index (χ1) is 13.5. The molecule has 0 N–H and O–H groups in total. The van der Waals surface area contributed by atoms with Gasteiger partial charge >= 0.3 is 0 Å². The molecular formula is C21H21N5OS. The van der Waals surface area contributed by atoms with Gasteiger partial charge in [0.15, 0.2) is 11.0 Å². The summed E-state index contributed by atoms with van der Waals surface area (Å²) in [4.78, 5) is 0. The third-order valence-corrected chi connectivity index (χ3v) is 5.71. The van der Waals surface area contributed by atoms with Crippen molar-refractivity contribution < 1.29 is 4.42 Å². The molecule has 6 nitrogen and oxygen atoms in total. The Kier molecular flexibility index (Phi) is 5.00. The van der Waals surface area contributed by atoms with Gasteiger partial charge in [-0.2, -0.15) is 0 Å². The van der Waals surface area contributed by atoms with Gasteiger partial charge in [0.1, 0.15) is 0 Å². The number of thioether (sulfide) groups is 1. The first-order valence-corrected chi connectivity index (χ1v) is 9.93. The minimum atomic E-state index is -0.0423. The highest BCUT2D eigenvalue weighted by molar-refractivity contribution is 7.99. The van der Waals surface area contributed by atoms with Crippen LogP contribution in [-0.2, 0) is 7.05 Å². The number of aromatic nitrogens is 5. The van der Waals surface area contributed by atoms with Gasteiger partial charge in [-0.25, -0.2) is 0 Å². The molecule has 2 aromatic heterocycles. The average molecular weight is 392 g/mol. The molecule has 142 valence electrons. The molecule has 1 atom stereocenters. The highest BCUT2D eigenvalue weighted by Crippen LogP contribution is 2.35. The van der Waals surface area contributed by atoms with E-state index in [1.165, 1.54) is 11.1 Å². The normalized spacial score (nSPS) is 12.3.